The molecule has 0 saturated carbocycles. The van der Waals surface area contributed by atoms with Crippen molar-refractivity contribution in [1.82, 2.24) is 19.6 Å². The highest BCUT2D eigenvalue weighted by Gasteiger charge is 2.19. The van der Waals surface area contributed by atoms with Crippen LogP contribution in [0.5, 0.6) is 0 Å². The molecule has 1 amide bonds. The van der Waals surface area contributed by atoms with E-state index in [4.69, 9.17) is 0 Å². The highest BCUT2D eigenvalue weighted by atomic mass is 32.2. The van der Waals surface area contributed by atoms with Gasteiger partial charge in [0.15, 0.2) is 0 Å². The average Bonchev–Trinajstić information content (AvgIpc) is 2.98. The van der Waals surface area contributed by atoms with Crippen molar-refractivity contribution in [2.75, 3.05) is 5.32 Å². The summed E-state index contributed by atoms with van der Waals surface area (Å²) in [5.74, 6) is 0.495. The number of fused-ring (bicyclic) bond motifs is 1. The first-order valence-corrected chi connectivity index (χ1v) is 9.39. The molecule has 2 heterocycles. The molecule has 1 aromatic carbocycles. The minimum Gasteiger partial charge on any atom is -0.325 e. The van der Waals surface area contributed by atoms with Gasteiger partial charge in [-0.05, 0) is 64.3 Å². The fraction of sp³-hybridized carbons (Fsp3) is 0.368. The molecule has 0 bridgehead atoms. The molecule has 6 nitrogen and oxygen atoms in total. The van der Waals surface area contributed by atoms with Crippen molar-refractivity contribution in [2.24, 2.45) is 0 Å². The van der Waals surface area contributed by atoms with Crippen molar-refractivity contribution < 1.29 is 4.79 Å². The van der Waals surface area contributed by atoms with Crippen LogP contribution in [0.2, 0.25) is 0 Å². The maximum atomic E-state index is 12.6. The van der Waals surface area contributed by atoms with Crippen molar-refractivity contribution in [3.05, 3.63) is 46.3 Å². The van der Waals surface area contributed by atoms with Gasteiger partial charge in [0.05, 0.1) is 5.25 Å². The predicted molar refractivity (Wildman–Crippen MR) is 105 cm³/mol. The van der Waals surface area contributed by atoms with Crippen LogP contribution in [-0.4, -0.2) is 30.7 Å². The van der Waals surface area contributed by atoms with E-state index in [2.05, 4.69) is 20.4 Å². The van der Waals surface area contributed by atoms with Crippen LogP contribution in [0, 0.1) is 34.6 Å². The number of hydrogen-bond donors (Lipinski definition) is 1. The normalized spacial score (nSPS) is 12.4. The van der Waals surface area contributed by atoms with E-state index in [1.807, 2.05) is 59.7 Å². The van der Waals surface area contributed by atoms with E-state index in [9.17, 15) is 4.79 Å². The third-order valence-corrected chi connectivity index (χ3v) is 5.50. The Bertz CT molecular complexity index is 995. The Labute approximate surface area is 157 Å². The summed E-state index contributed by atoms with van der Waals surface area (Å²) >= 11 is 1.33. The molecule has 2 aromatic heterocycles. The maximum absolute atomic E-state index is 12.6. The van der Waals surface area contributed by atoms with E-state index >= 15 is 0 Å². The Morgan fingerprint density at radius 2 is 1.88 bits per heavy atom. The number of aryl methyl sites for hydroxylation is 4. The molecule has 7 heteroatoms. The first-order chi connectivity index (χ1) is 12.3. The van der Waals surface area contributed by atoms with Crippen LogP contribution in [0.3, 0.4) is 0 Å². The molecular weight excluding hydrogens is 346 g/mol. The van der Waals surface area contributed by atoms with Crippen molar-refractivity contribution >= 4 is 29.1 Å². The van der Waals surface area contributed by atoms with Crippen LogP contribution in [0.15, 0.2) is 23.4 Å². The molecule has 0 fully saturated rings. The summed E-state index contributed by atoms with van der Waals surface area (Å²) in [5, 5.41) is 7.72. The highest BCUT2D eigenvalue weighted by molar-refractivity contribution is 8.00. The number of hydrogen-bond acceptors (Lipinski definition) is 5. The summed E-state index contributed by atoms with van der Waals surface area (Å²) in [7, 11) is 0. The lowest BCUT2D eigenvalue weighted by atomic mass is 10.1. The predicted octanol–water partition coefficient (Wildman–Crippen LogP) is 3.79. The molecule has 0 radical (unpaired) electrons. The monoisotopic (exact) mass is 369 g/mol. The van der Waals surface area contributed by atoms with E-state index in [0.29, 0.717) is 10.9 Å². The fourth-order valence-corrected chi connectivity index (χ4v) is 3.35. The number of carbonyl (C=O) groups is 1. The van der Waals surface area contributed by atoms with Crippen LogP contribution in [-0.2, 0) is 4.79 Å². The van der Waals surface area contributed by atoms with E-state index in [0.717, 1.165) is 33.8 Å². The lowest BCUT2D eigenvalue weighted by molar-refractivity contribution is -0.115. The molecule has 0 aliphatic rings. The van der Waals surface area contributed by atoms with Crippen LogP contribution in [0.25, 0.3) is 5.78 Å². The van der Waals surface area contributed by atoms with Crippen molar-refractivity contribution in [3.63, 3.8) is 0 Å². The Kier molecular flexibility index (Phi) is 5.00. The number of rotatable bonds is 4. The zero-order valence-electron chi connectivity index (χ0n) is 15.9. The zero-order valence-corrected chi connectivity index (χ0v) is 16.7. The number of amides is 1. The van der Waals surface area contributed by atoms with Gasteiger partial charge in [-0.2, -0.15) is 4.98 Å². The topological polar surface area (TPSA) is 72.2 Å². The van der Waals surface area contributed by atoms with Gasteiger partial charge < -0.3 is 5.32 Å². The quantitative estimate of drug-likeness (QED) is 0.709. The summed E-state index contributed by atoms with van der Waals surface area (Å²) < 4.78 is 1.74. The van der Waals surface area contributed by atoms with Crippen LogP contribution < -0.4 is 5.32 Å². The Morgan fingerprint density at radius 3 is 2.62 bits per heavy atom. The highest BCUT2D eigenvalue weighted by Crippen LogP contribution is 2.24. The largest absolute Gasteiger partial charge is 0.325 e. The molecule has 136 valence electrons. The first kappa shape index (κ1) is 18.4. The third-order valence-electron chi connectivity index (χ3n) is 4.54. The smallest absolute Gasteiger partial charge is 0.253 e. The van der Waals surface area contributed by atoms with E-state index in [1.54, 1.807) is 4.52 Å². The average molecular weight is 369 g/mol. The number of anilines is 1. The van der Waals surface area contributed by atoms with Gasteiger partial charge in [-0.15, -0.1) is 5.10 Å². The van der Waals surface area contributed by atoms with Crippen LogP contribution in [0.4, 0.5) is 5.69 Å². The van der Waals surface area contributed by atoms with E-state index in [1.165, 1.54) is 11.8 Å². The lowest BCUT2D eigenvalue weighted by Gasteiger charge is -2.12. The molecule has 0 spiro atoms. The number of carbonyl (C=O) groups excluding carboxylic acids is 1. The minimum absolute atomic E-state index is 0.0698. The van der Waals surface area contributed by atoms with Gasteiger partial charge in [0.1, 0.15) is 0 Å². The van der Waals surface area contributed by atoms with Gasteiger partial charge in [-0.1, -0.05) is 23.9 Å². The second-order valence-corrected chi connectivity index (χ2v) is 7.89. The lowest BCUT2D eigenvalue weighted by Crippen LogP contribution is -2.23. The number of nitrogens with one attached hydrogen (secondary N) is 1. The zero-order chi connectivity index (χ0) is 19.0. The Hall–Kier alpha value is -2.41. The molecule has 0 aliphatic heterocycles. The molecule has 3 aromatic rings. The molecule has 3 rings (SSSR count). The van der Waals surface area contributed by atoms with Crippen LogP contribution in [0.1, 0.15) is 35.0 Å². The minimum atomic E-state index is -0.324. The molecule has 0 aliphatic carbocycles. The van der Waals surface area contributed by atoms with Gasteiger partial charge in [0.2, 0.25) is 11.1 Å². The fourth-order valence-electron chi connectivity index (χ4n) is 2.60. The Morgan fingerprint density at radius 1 is 1.15 bits per heavy atom. The molecule has 0 saturated heterocycles. The number of aromatic nitrogens is 4. The van der Waals surface area contributed by atoms with Crippen molar-refractivity contribution in [1.29, 1.82) is 0 Å². The SMILES string of the molecule is Cc1ccc(C)c(NC(=O)[C@H](C)Sc2nc3nc(C)c(C)c(C)n3n2)c1. The number of thioether (sulfide) groups is 1. The van der Waals surface area contributed by atoms with Gasteiger partial charge in [-0.25, -0.2) is 9.50 Å². The van der Waals surface area contributed by atoms with E-state index < -0.39 is 0 Å². The van der Waals surface area contributed by atoms with Crippen molar-refractivity contribution in [2.45, 2.75) is 51.9 Å². The maximum Gasteiger partial charge on any atom is 0.253 e. The van der Waals surface area contributed by atoms with Gasteiger partial charge >= 0.3 is 0 Å². The van der Waals surface area contributed by atoms with Gasteiger partial charge in [0, 0.05) is 17.1 Å². The van der Waals surface area contributed by atoms with E-state index in [-0.39, 0.29) is 11.2 Å². The summed E-state index contributed by atoms with van der Waals surface area (Å²) in [4.78, 5) is 21.5. The molecule has 1 atom stereocenters. The Balaban J connectivity index is 1.78. The first-order valence-electron chi connectivity index (χ1n) is 8.51. The van der Waals surface area contributed by atoms with Crippen LogP contribution >= 0.6 is 11.8 Å². The molecule has 0 unspecified atom stereocenters. The summed E-state index contributed by atoms with van der Waals surface area (Å²) in [6.07, 6.45) is 0. The molecular formula is C19H23N5OS. The standard InChI is InChI=1S/C19H23N5OS/c1-10-7-8-11(2)16(9-10)21-17(25)15(6)26-19-22-18-20-13(4)12(3)14(5)24(18)23-19/h7-9,15H,1-6H3,(H,21,25)/t15-/m0/s1. The second-order valence-electron chi connectivity index (χ2n) is 6.58. The number of benzene rings is 1. The second kappa shape index (κ2) is 7.07. The third kappa shape index (κ3) is 3.58. The summed E-state index contributed by atoms with van der Waals surface area (Å²) in [6.45, 7) is 11.8. The number of nitrogens with zero attached hydrogens (tertiary/aromatic N) is 4. The summed E-state index contributed by atoms with van der Waals surface area (Å²) in [5.41, 5.74) is 6.05. The van der Waals surface area contributed by atoms with Crippen molar-refractivity contribution in [3.8, 4) is 0 Å². The molecule has 26 heavy (non-hydrogen) atoms. The molecule has 1 N–H and O–H groups in total. The summed E-state index contributed by atoms with van der Waals surface area (Å²) in [6, 6.07) is 6.02. The van der Waals surface area contributed by atoms with Gasteiger partial charge in [-0.3, -0.25) is 4.79 Å². The van der Waals surface area contributed by atoms with Gasteiger partial charge in [0.25, 0.3) is 5.78 Å².